The number of nitrogens with zero attached hydrogens (tertiary/aromatic N) is 5. The van der Waals surface area contributed by atoms with Crippen LogP contribution in [0.4, 0.5) is 17.5 Å². The SMILES string of the molecule is COc1ccc(N(N=N)c2nc(NC3CCc4[nH]ncc4C3)ncc2C)cc1. The van der Waals surface area contributed by atoms with Crippen LogP contribution in [0.15, 0.2) is 41.9 Å². The van der Waals surface area contributed by atoms with E-state index in [1.165, 1.54) is 16.3 Å². The first kappa shape index (κ1) is 17.9. The summed E-state index contributed by atoms with van der Waals surface area (Å²) in [5.41, 5.74) is 11.6. The summed E-state index contributed by atoms with van der Waals surface area (Å²) in [5, 5.41) is 15.7. The third-order valence-electron chi connectivity index (χ3n) is 4.91. The highest BCUT2D eigenvalue weighted by molar-refractivity contribution is 5.63. The maximum Gasteiger partial charge on any atom is 0.224 e. The highest BCUT2D eigenvalue weighted by atomic mass is 16.5. The zero-order valence-electron chi connectivity index (χ0n) is 15.8. The molecule has 9 heteroatoms. The van der Waals surface area contributed by atoms with E-state index >= 15 is 0 Å². The molecule has 144 valence electrons. The monoisotopic (exact) mass is 378 g/mol. The van der Waals surface area contributed by atoms with Gasteiger partial charge in [-0.05, 0) is 56.0 Å². The Balaban J connectivity index is 1.56. The van der Waals surface area contributed by atoms with Crippen LogP contribution in [-0.4, -0.2) is 33.3 Å². The van der Waals surface area contributed by atoms with Crippen molar-refractivity contribution in [3.8, 4) is 5.75 Å². The molecule has 2 aromatic heterocycles. The smallest absolute Gasteiger partial charge is 0.224 e. The maximum absolute atomic E-state index is 7.65. The predicted molar refractivity (Wildman–Crippen MR) is 105 cm³/mol. The van der Waals surface area contributed by atoms with Gasteiger partial charge in [-0.2, -0.15) is 20.6 Å². The van der Waals surface area contributed by atoms with Crippen molar-refractivity contribution in [1.29, 1.82) is 5.53 Å². The molecule has 9 nitrogen and oxygen atoms in total. The number of hydrogen-bond acceptors (Lipinski definition) is 7. The number of ether oxygens (including phenoxy) is 1. The number of aryl methyl sites for hydroxylation is 2. The Morgan fingerprint density at radius 1 is 1.29 bits per heavy atom. The largest absolute Gasteiger partial charge is 0.497 e. The number of rotatable bonds is 6. The zero-order valence-corrected chi connectivity index (χ0v) is 15.8. The molecule has 1 unspecified atom stereocenters. The number of aromatic amines is 1. The summed E-state index contributed by atoms with van der Waals surface area (Å²) in [4.78, 5) is 9.05. The minimum atomic E-state index is 0.239. The van der Waals surface area contributed by atoms with E-state index in [1.807, 2.05) is 37.4 Å². The van der Waals surface area contributed by atoms with Gasteiger partial charge in [0, 0.05) is 23.5 Å². The summed E-state index contributed by atoms with van der Waals surface area (Å²) >= 11 is 0. The van der Waals surface area contributed by atoms with Gasteiger partial charge in [0.15, 0.2) is 5.82 Å². The van der Waals surface area contributed by atoms with Gasteiger partial charge >= 0.3 is 0 Å². The molecule has 0 saturated heterocycles. The number of fused-ring (bicyclic) bond motifs is 1. The third kappa shape index (κ3) is 3.51. The van der Waals surface area contributed by atoms with E-state index in [0.29, 0.717) is 11.8 Å². The molecule has 0 amide bonds. The minimum Gasteiger partial charge on any atom is -0.497 e. The molecule has 1 aromatic carbocycles. The molecule has 4 rings (SSSR count). The second-order valence-electron chi connectivity index (χ2n) is 6.77. The molecular weight excluding hydrogens is 356 g/mol. The van der Waals surface area contributed by atoms with Crippen molar-refractivity contribution in [3.05, 3.63) is 53.5 Å². The molecule has 0 aliphatic heterocycles. The maximum atomic E-state index is 7.65. The average Bonchev–Trinajstić information content (AvgIpc) is 3.19. The van der Waals surface area contributed by atoms with E-state index in [4.69, 9.17) is 10.3 Å². The molecule has 0 radical (unpaired) electrons. The molecule has 0 bridgehead atoms. The Bertz CT molecular complexity index is 968. The molecule has 0 fully saturated rings. The Hall–Kier alpha value is -3.49. The van der Waals surface area contributed by atoms with Crippen molar-refractivity contribution in [2.75, 3.05) is 17.4 Å². The van der Waals surface area contributed by atoms with E-state index < -0.39 is 0 Å². The van der Waals surface area contributed by atoms with Crippen LogP contribution < -0.4 is 15.1 Å². The van der Waals surface area contributed by atoms with Crippen molar-refractivity contribution in [2.45, 2.75) is 32.2 Å². The normalized spacial score (nSPS) is 15.6. The number of nitrogens with one attached hydrogen (secondary N) is 3. The van der Waals surface area contributed by atoms with Gasteiger partial charge in [-0.3, -0.25) is 5.10 Å². The summed E-state index contributed by atoms with van der Waals surface area (Å²) < 4.78 is 5.20. The predicted octanol–water partition coefficient (Wildman–Crippen LogP) is 3.57. The second-order valence-corrected chi connectivity index (χ2v) is 6.77. The van der Waals surface area contributed by atoms with Gasteiger partial charge in [0.1, 0.15) is 5.75 Å². The van der Waals surface area contributed by atoms with Crippen molar-refractivity contribution in [2.24, 2.45) is 5.22 Å². The average molecular weight is 378 g/mol. The Kier molecular flexibility index (Phi) is 4.88. The first-order valence-electron chi connectivity index (χ1n) is 9.11. The fraction of sp³-hybridized carbons (Fsp3) is 0.316. The molecule has 1 aliphatic rings. The van der Waals surface area contributed by atoms with Crippen LogP contribution in [0.1, 0.15) is 23.2 Å². The van der Waals surface area contributed by atoms with E-state index in [9.17, 15) is 0 Å². The van der Waals surface area contributed by atoms with Crippen molar-refractivity contribution in [1.82, 2.24) is 20.2 Å². The van der Waals surface area contributed by atoms with Crippen LogP contribution in [0.2, 0.25) is 0 Å². The fourth-order valence-corrected chi connectivity index (χ4v) is 3.39. The van der Waals surface area contributed by atoms with Gasteiger partial charge in [-0.1, -0.05) is 5.22 Å². The lowest BCUT2D eigenvalue weighted by atomic mass is 9.94. The summed E-state index contributed by atoms with van der Waals surface area (Å²) in [7, 11) is 1.62. The van der Waals surface area contributed by atoms with Crippen molar-refractivity contribution in [3.63, 3.8) is 0 Å². The van der Waals surface area contributed by atoms with Crippen molar-refractivity contribution >= 4 is 17.5 Å². The number of methoxy groups -OCH3 is 1. The van der Waals surface area contributed by atoms with Crippen LogP contribution >= 0.6 is 0 Å². The van der Waals surface area contributed by atoms with E-state index in [1.54, 1.807) is 13.3 Å². The Morgan fingerprint density at radius 2 is 2.11 bits per heavy atom. The first-order chi connectivity index (χ1) is 13.7. The molecule has 0 spiro atoms. The molecule has 2 heterocycles. The quantitative estimate of drug-likeness (QED) is 0.446. The molecule has 3 N–H and O–H groups in total. The second kappa shape index (κ2) is 7.63. The Morgan fingerprint density at radius 3 is 2.86 bits per heavy atom. The number of hydrogen-bond donors (Lipinski definition) is 3. The lowest BCUT2D eigenvalue weighted by molar-refractivity contribution is 0.415. The fourth-order valence-electron chi connectivity index (χ4n) is 3.39. The van der Waals surface area contributed by atoms with Crippen LogP contribution in [-0.2, 0) is 12.8 Å². The van der Waals surface area contributed by atoms with Crippen LogP contribution in [0.3, 0.4) is 0 Å². The standard InChI is InChI=1S/C19H22N8O/c1-12-10-21-19(23-14-3-8-17-13(9-14)11-22-25-17)24-18(12)27(26-20)15-4-6-16(28-2)7-5-15/h4-7,10-11,14,20H,3,8-9H2,1-2H3,(H,22,25)(H,21,23,24). The summed E-state index contributed by atoms with van der Waals surface area (Å²) in [5.74, 6) is 1.84. The molecule has 3 aromatic rings. The summed E-state index contributed by atoms with van der Waals surface area (Å²) in [6.45, 7) is 1.90. The van der Waals surface area contributed by atoms with E-state index in [-0.39, 0.29) is 6.04 Å². The van der Waals surface area contributed by atoms with Gasteiger partial charge < -0.3 is 10.1 Å². The zero-order chi connectivity index (χ0) is 19.5. The molecule has 0 saturated carbocycles. The van der Waals surface area contributed by atoms with Gasteiger partial charge in [0.05, 0.1) is 19.0 Å². The van der Waals surface area contributed by atoms with E-state index in [0.717, 1.165) is 36.3 Å². The molecule has 1 atom stereocenters. The van der Waals surface area contributed by atoms with E-state index in [2.05, 4.69) is 30.7 Å². The Labute approximate surface area is 162 Å². The lowest BCUT2D eigenvalue weighted by Crippen LogP contribution is -2.28. The number of anilines is 3. The van der Waals surface area contributed by atoms with Crippen LogP contribution in [0, 0.1) is 12.5 Å². The van der Waals surface area contributed by atoms with Gasteiger partial charge in [-0.25, -0.2) is 4.98 Å². The number of benzene rings is 1. The lowest BCUT2D eigenvalue weighted by Gasteiger charge is -2.24. The molecule has 1 aliphatic carbocycles. The minimum absolute atomic E-state index is 0.239. The van der Waals surface area contributed by atoms with Crippen LogP contribution in [0.5, 0.6) is 5.75 Å². The van der Waals surface area contributed by atoms with Crippen LogP contribution in [0.25, 0.3) is 0 Å². The van der Waals surface area contributed by atoms with Gasteiger partial charge in [0.2, 0.25) is 5.95 Å². The highest BCUT2D eigenvalue weighted by Gasteiger charge is 2.21. The molecular formula is C19H22N8O. The van der Waals surface area contributed by atoms with Gasteiger partial charge in [-0.15, -0.1) is 0 Å². The summed E-state index contributed by atoms with van der Waals surface area (Å²) in [6.07, 6.45) is 6.44. The highest BCUT2D eigenvalue weighted by Crippen LogP contribution is 2.29. The van der Waals surface area contributed by atoms with Gasteiger partial charge in [0.25, 0.3) is 0 Å². The number of aromatic nitrogens is 4. The third-order valence-corrected chi connectivity index (χ3v) is 4.91. The molecule has 28 heavy (non-hydrogen) atoms. The number of H-pyrrole nitrogens is 1. The first-order valence-corrected chi connectivity index (χ1v) is 9.11. The topological polar surface area (TPSA) is 115 Å². The van der Waals surface area contributed by atoms with Crippen molar-refractivity contribution < 1.29 is 4.74 Å². The summed E-state index contributed by atoms with van der Waals surface area (Å²) in [6, 6.07) is 7.57.